The average molecular weight is 771 g/mol. The van der Waals surface area contributed by atoms with Crippen LogP contribution in [0.1, 0.15) is 94.9 Å². The number of carbonyl (C=O) groups excluding carboxylic acids is 6. The molecule has 0 aromatic heterocycles. The first-order chi connectivity index (χ1) is 24.5. The van der Waals surface area contributed by atoms with E-state index in [9.17, 15) is 33.9 Å². The van der Waals surface area contributed by atoms with Gasteiger partial charge < -0.3 is 38.3 Å². The van der Waals surface area contributed by atoms with Crippen molar-refractivity contribution in [3.63, 3.8) is 0 Å². The first-order valence-electron chi connectivity index (χ1n) is 18.3. The number of aliphatic hydroxyl groups is 1. The molecule has 2 saturated heterocycles. The lowest BCUT2D eigenvalue weighted by atomic mass is 9.51. The molecule has 12 atom stereocenters. The van der Waals surface area contributed by atoms with Gasteiger partial charge in [0.05, 0.1) is 29.2 Å². The molecule has 15 heteroatoms. The number of hydrogen-bond donors (Lipinski definition) is 1. The molecule has 2 aliphatic carbocycles. The van der Waals surface area contributed by atoms with Crippen LogP contribution in [-0.4, -0.2) is 101 Å². The van der Waals surface area contributed by atoms with Crippen LogP contribution in [0.25, 0.3) is 0 Å². The minimum absolute atomic E-state index is 0.00668. The molecule has 0 amide bonds. The van der Waals surface area contributed by atoms with E-state index in [1.807, 2.05) is 0 Å². The summed E-state index contributed by atoms with van der Waals surface area (Å²) < 4.78 is 42.8. The Balaban J connectivity index is 2.14. The Kier molecular flexibility index (Phi) is 12.7. The van der Waals surface area contributed by atoms with Crippen LogP contribution in [0.4, 0.5) is 0 Å². The van der Waals surface area contributed by atoms with Crippen molar-refractivity contribution in [1.82, 2.24) is 0 Å². The first-order valence-corrected chi connectivity index (χ1v) is 18.8. The second kappa shape index (κ2) is 15.9. The molecule has 1 N–H and O–H groups in total. The molecular formula is C38H55ClO14. The fraction of sp³-hybridized carbons (Fsp3) is 0.789. The van der Waals surface area contributed by atoms with Crippen LogP contribution in [0.2, 0.25) is 0 Å². The van der Waals surface area contributed by atoms with Gasteiger partial charge in [-0.25, -0.2) is 0 Å². The van der Waals surface area contributed by atoms with Gasteiger partial charge in [-0.15, -0.1) is 11.6 Å². The Morgan fingerprint density at radius 3 is 1.91 bits per heavy atom. The van der Waals surface area contributed by atoms with E-state index in [0.717, 1.165) is 13.8 Å². The van der Waals surface area contributed by atoms with Gasteiger partial charge in [0.15, 0.2) is 30.0 Å². The van der Waals surface area contributed by atoms with Gasteiger partial charge in [-0.2, -0.15) is 0 Å². The van der Waals surface area contributed by atoms with Gasteiger partial charge in [-0.1, -0.05) is 60.6 Å². The summed E-state index contributed by atoms with van der Waals surface area (Å²) in [6, 6.07) is 0. The number of rotatable bonds is 10. The summed E-state index contributed by atoms with van der Waals surface area (Å²) in [5, 5.41) is 11.8. The van der Waals surface area contributed by atoms with Gasteiger partial charge in [0.25, 0.3) is 0 Å². The summed E-state index contributed by atoms with van der Waals surface area (Å²) in [6.45, 7) is 19.6. The third-order valence-corrected chi connectivity index (χ3v) is 11.5. The number of fused-ring (bicyclic) bond motifs is 3. The van der Waals surface area contributed by atoms with Crippen molar-refractivity contribution in [2.75, 3.05) is 6.61 Å². The van der Waals surface area contributed by atoms with Crippen LogP contribution >= 0.6 is 11.6 Å². The average Bonchev–Trinajstić information content (AvgIpc) is 3.78. The van der Waals surface area contributed by atoms with Crippen molar-refractivity contribution in [3.05, 3.63) is 12.2 Å². The molecule has 2 aliphatic heterocycles. The van der Waals surface area contributed by atoms with Gasteiger partial charge in [0, 0.05) is 32.6 Å². The molecule has 0 bridgehead atoms. The van der Waals surface area contributed by atoms with Gasteiger partial charge in [0.1, 0.15) is 17.8 Å². The van der Waals surface area contributed by atoms with Crippen molar-refractivity contribution in [3.8, 4) is 0 Å². The summed E-state index contributed by atoms with van der Waals surface area (Å²) in [4.78, 5) is 80.4. The number of alkyl halides is 1. The van der Waals surface area contributed by atoms with Crippen molar-refractivity contribution in [2.45, 2.75) is 148 Å². The van der Waals surface area contributed by atoms with E-state index >= 15 is 0 Å². The molecular weight excluding hydrogens is 716 g/mol. The van der Waals surface area contributed by atoms with Crippen LogP contribution in [-0.2, 0) is 61.9 Å². The second-order valence-electron chi connectivity index (χ2n) is 16.4. The fourth-order valence-electron chi connectivity index (χ4n) is 8.29. The normalized spacial score (nSPS) is 38.1. The largest absolute Gasteiger partial charge is 0.461 e. The minimum Gasteiger partial charge on any atom is -0.461 e. The predicted molar refractivity (Wildman–Crippen MR) is 187 cm³/mol. The van der Waals surface area contributed by atoms with E-state index in [2.05, 4.69) is 6.58 Å². The molecule has 4 aliphatic rings. The quantitative estimate of drug-likeness (QED) is 0.110. The van der Waals surface area contributed by atoms with Crippen LogP contribution in [0.3, 0.4) is 0 Å². The molecule has 2 saturated carbocycles. The van der Waals surface area contributed by atoms with Crippen molar-refractivity contribution in [1.29, 1.82) is 0 Å². The van der Waals surface area contributed by atoms with E-state index in [0.29, 0.717) is 5.57 Å². The number of hydrogen-bond acceptors (Lipinski definition) is 14. The highest BCUT2D eigenvalue weighted by Crippen LogP contribution is 2.64. The lowest BCUT2D eigenvalue weighted by Crippen LogP contribution is -2.76. The molecule has 0 radical (unpaired) electrons. The van der Waals surface area contributed by atoms with Crippen molar-refractivity contribution < 1.29 is 67.0 Å². The molecule has 14 nitrogen and oxygen atoms in total. The van der Waals surface area contributed by atoms with Gasteiger partial charge in [-0.05, 0) is 31.6 Å². The highest BCUT2D eigenvalue weighted by Gasteiger charge is 2.81. The monoisotopic (exact) mass is 770 g/mol. The molecule has 53 heavy (non-hydrogen) atoms. The lowest BCUT2D eigenvalue weighted by molar-refractivity contribution is -0.286. The Morgan fingerprint density at radius 2 is 1.42 bits per heavy atom. The fourth-order valence-corrected chi connectivity index (χ4v) is 8.66. The minimum atomic E-state index is -2.40. The maximum atomic E-state index is 13.6. The standard InChI is InChI=1S/C38H55ClO14/c1-17(2)14-25(42)51-28-31(48-22(9)40)36(11)24(50-34(44)19(5)6)13-12-20(7)27(39)30-38(46,21(8)35(45)53-30)33(49-23(10)41)29(36)37(16-47-37)32(28)52-26(43)15-18(3)4/h17-19,21,24,27-33,46H,7,12-16H2,1-6,8-11H3/t21-,24-,27-,28+,29+,30-,31-,32+,33?,36+,37-,38?/m0/s1. The number of halogens is 1. The zero-order valence-corrected chi connectivity index (χ0v) is 33.1. The molecule has 2 heterocycles. The summed E-state index contributed by atoms with van der Waals surface area (Å²) in [5.74, 6) is -8.28. The number of carbonyl (C=O) groups is 6. The molecule has 4 fully saturated rings. The van der Waals surface area contributed by atoms with Crippen LogP contribution in [0.15, 0.2) is 12.2 Å². The molecule has 298 valence electrons. The zero-order chi connectivity index (χ0) is 40.0. The summed E-state index contributed by atoms with van der Waals surface area (Å²) >= 11 is 6.95. The lowest BCUT2D eigenvalue weighted by Gasteiger charge is -2.60. The SMILES string of the molecule is C=C1CC[C@H](OC(=O)C(C)C)[C@@]2(C)[C@@H](OC(C)=O)[C@@H](OC(=O)CC(C)C)[C@@H](OC(=O)CC(C)C)[C@]3(CO3)[C@@H]2C(OC(C)=O)C2(O)[C@@H](C)C(=O)O[C@H]2[C@H]1Cl. The summed E-state index contributed by atoms with van der Waals surface area (Å²) in [6.07, 6.45) is -9.21. The summed E-state index contributed by atoms with van der Waals surface area (Å²) in [5.41, 5.74) is -5.60. The maximum absolute atomic E-state index is 13.6. The van der Waals surface area contributed by atoms with E-state index in [4.69, 9.17) is 44.8 Å². The third kappa shape index (κ3) is 8.10. The Hall–Kier alpha value is -3.23. The van der Waals surface area contributed by atoms with Crippen LogP contribution < -0.4 is 0 Å². The van der Waals surface area contributed by atoms with E-state index in [1.54, 1.807) is 48.5 Å². The van der Waals surface area contributed by atoms with Gasteiger partial charge >= 0.3 is 35.8 Å². The topological polar surface area (TPSA) is 191 Å². The Bertz CT molecular complexity index is 1470. The highest BCUT2D eigenvalue weighted by molar-refractivity contribution is 6.23. The number of epoxide rings is 1. The van der Waals surface area contributed by atoms with Crippen LogP contribution in [0, 0.1) is 35.0 Å². The number of esters is 6. The Morgan fingerprint density at radius 1 is 0.887 bits per heavy atom. The first kappa shape index (κ1) is 42.5. The smallest absolute Gasteiger partial charge is 0.312 e. The Labute approximate surface area is 315 Å². The van der Waals surface area contributed by atoms with E-state index in [-0.39, 0.29) is 44.1 Å². The maximum Gasteiger partial charge on any atom is 0.312 e. The van der Waals surface area contributed by atoms with Gasteiger partial charge in [-0.3, -0.25) is 28.8 Å². The van der Waals surface area contributed by atoms with Crippen molar-refractivity contribution in [2.24, 2.45) is 35.0 Å². The van der Waals surface area contributed by atoms with Gasteiger partial charge in [0.2, 0.25) is 0 Å². The summed E-state index contributed by atoms with van der Waals surface area (Å²) in [7, 11) is 0. The number of ether oxygens (including phenoxy) is 7. The molecule has 0 aromatic rings. The zero-order valence-electron chi connectivity index (χ0n) is 32.3. The predicted octanol–water partition coefficient (Wildman–Crippen LogP) is 3.99. The third-order valence-electron chi connectivity index (χ3n) is 10.9. The van der Waals surface area contributed by atoms with E-state index in [1.165, 1.54) is 6.92 Å². The highest BCUT2D eigenvalue weighted by atomic mass is 35.5. The molecule has 2 unspecified atom stereocenters. The van der Waals surface area contributed by atoms with E-state index < -0.39 is 112 Å². The molecule has 4 rings (SSSR count). The second-order valence-corrected chi connectivity index (χ2v) is 16.8. The molecule has 0 aromatic carbocycles. The molecule has 1 spiro atoms. The van der Waals surface area contributed by atoms with Crippen molar-refractivity contribution >= 4 is 47.4 Å². The van der Waals surface area contributed by atoms with Crippen LogP contribution in [0.5, 0.6) is 0 Å².